The molecule has 2 aromatic rings. The summed E-state index contributed by atoms with van der Waals surface area (Å²) in [5.41, 5.74) is 1.44. The van der Waals surface area contributed by atoms with Gasteiger partial charge >= 0.3 is 5.97 Å². The maximum atomic E-state index is 11.7. The van der Waals surface area contributed by atoms with E-state index in [9.17, 15) is 9.59 Å². The summed E-state index contributed by atoms with van der Waals surface area (Å²) in [6.45, 7) is 1.72. The summed E-state index contributed by atoms with van der Waals surface area (Å²) in [5, 5.41) is 2.49. The van der Waals surface area contributed by atoms with E-state index in [-0.39, 0.29) is 12.5 Å². The summed E-state index contributed by atoms with van der Waals surface area (Å²) in [6.07, 6.45) is 3.03. The highest BCUT2D eigenvalue weighted by atomic mass is 16.5. The van der Waals surface area contributed by atoms with Crippen molar-refractivity contribution < 1.29 is 14.3 Å². The number of rotatable bonds is 4. The van der Waals surface area contributed by atoms with E-state index in [1.54, 1.807) is 30.3 Å². The van der Waals surface area contributed by atoms with E-state index >= 15 is 0 Å². The molecule has 0 atom stereocenters. The first-order valence-electron chi connectivity index (χ1n) is 6.11. The number of nitrogens with one attached hydrogen (secondary N) is 1. The maximum absolute atomic E-state index is 11.7. The number of pyridine rings is 1. The summed E-state index contributed by atoms with van der Waals surface area (Å²) >= 11 is 0. The molecule has 0 radical (unpaired) electrons. The van der Waals surface area contributed by atoms with Gasteiger partial charge in [0.1, 0.15) is 12.3 Å². The minimum absolute atomic E-state index is 0.185. The molecule has 1 N–H and O–H groups in total. The van der Waals surface area contributed by atoms with E-state index in [1.165, 1.54) is 12.4 Å². The molecule has 0 saturated carbocycles. The molecule has 0 saturated heterocycles. The van der Waals surface area contributed by atoms with Gasteiger partial charge in [-0.2, -0.15) is 0 Å². The average molecular weight is 270 g/mol. The number of nitrogens with zero attached hydrogens (tertiary/aromatic N) is 1. The summed E-state index contributed by atoms with van der Waals surface area (Å²) in [6, 6.07) is 10.3. The Morgan fingerprint density at radius 1 is 1.20 bits per heavy atom. The van der Waals surface area contributed by atoms with Crippen LogP contribution in [0.3, 0.4) is 0 Å². The van der Waals surface area contributed by atoms with Gasteiger partial charge in [-0.15, -0.1) is 0 Å². The van der Waals surface area contributed by atoms with E-state index in [1.807, 2.05) is 13.0 Å². The summed E-state index contributed by atoms with van der Waals surface area (Å²) < 4.78 is 5.12. The van der Waals surface area contributed by atoms with Crippen molar-refractivity contribution in [2.24, 2.45) is 0 Å². The van der Waals surface area contributed by atoms with E-state index in [4.69, 9.17) is 4.74 Å². The zero-order valence-electron chi connectivity index (χ0n) is 11.0. The molecule has 0 aliphatic carbocycles. The van der Waals surface area contributed by atoms with Gasteiger partial charge < -0.3 is 10.1 Å². The smallest absolute Gasteiger partial charge is 0.330 e. The Kier molecular flexibility index (Phi) is 4.44. The molecule has 0 bridgehead atoms. The molecule has 1 heterocycles. The van der Waals surface area contributed by atoms with Crippen LogP contribution in [-0.4, -0.2) is 23.4 Å². The van der Waals surface area contributed by atoms with Gasteiger partial charge in [-0.1, -0.05) is 12.1 Å². The van der Waals surface area contributed by atoms with Crippen LogP contribution in [0.4, 0.5) is 0 Å². The standard InChI is InChI=1S/C15H14N2O3/c1-11-3-2-4-13(9-11)20-14(18)10-17-15(19)12-5-7-16-8-6-12/h2-9H,10H2,1H3,(H,17,19). The van der Waals surface area contributed by atoms with Crippen molar-refractivity contribution in [2.45, 2.75) is 6.92 Å². The Morgan fingerprint density at radius 2 is 1.95 bits per heavy atom. The highest BCUT2D eigenvalue weighted by molar-refractivity contribution is 5.95. The van der Waals surface area contributed by atoms with Crippen molar-refractivity contribution >= 4 is 11.9 Å². The third-order valence-corrected chi connectivity index (χ3v) is 2.56. The van der Waals surface area contributed by atoms with E-state index in [2.05, 4.69) is 10.3 Å². The van der Waals surface area contributed by atoms with Crippen molar-refractivity contribution in [3.8, 4) is 5.75 Å². The summed E-state index contributed by atoms with van der Waals surface area (Å²) in [4.78, 5) is 27.1. The molecule has 2 rings (SSSR count). The molecule has 5 heteroatoms. The lowest BCUT2D eigenvalue weighted by atomic mass is 10.2. The predicted molar refractivity (Wildman–Crippen MR) is 73.4 cm³/mol. The van der Waals surface area contributed by atoms with Crippen LogP contribution in [0.5, 0.6) is 5.75 Å². The Hall–Kier alpha value is -2.69. The van der Waals surface area contributed by atoms with Crippen LogP contribution >= 0.6 is 0 Å². The number of carbonyl (C=O) groups is 2. The van der Waals surface area contributed by atoms with Gasteiger partial charge in [0.2, 0.25) is 0 Å². The highest BCUT2D eigenvalue weighted by Gasteiger charge is 2.09. The molecule has 1 aromatic carbocycles. The molecule has 5 nitrogen and oxygen atoms in total. The molecular weight excluding hydrogens is 256 g/mol. The number of hydrogen-bond acceptors (Lipinski definition) is 4. The Labute approximate surface area is 116 Å². The Balaban J connectivity index is 1.85. The van der Waals surface area contributed by atoms with Crippen LogP contribution in [0.15, 0.2) is 48.8 Å². The number of carbonyl (C=O) groups excluding carboxylic acids is 2. The van der Waals surface area contributed by atoms with Gasteiger partial charge in [-0.05, 0) is 36.8 Å². The number of benzene rings is 1. The fraction of sp³-hybridized carbons (Fsp3) is 0.133. The first-order valence-corrected chi connectivity index (χ1v) is 6.11. The van der Waals surface area contributed by atoms with Gasteiger partial charge in [0.05, 0.1) is 0 Å². The normalized spacial score (nSPS) is 9.85. The van der Waals surface area contributed by atoms with Gasteiger partial charge in [0, 0.05) is 18.0 Å². The quantitative estimate of drug-likeness (QED) is 0.678. The Morgan fingerprint density at radius 3 is 2.65 bits per heavy atom. The fourth-order valence-electron chi connectivity index (χ4n) is 1.60. The SMILES string of the molecule is Cc1cccc(OC(=O)CNC(=O)c2ccncc2)c1. The van der Waals surface area contributed by atoms with Crippen LogP contribution in [0.25, 0.3) is 0 Å². The van der Waals surface area contributed by atoms with Crippen molar-refractivity contribution in [3.05, 3.63) is 59.9 Å². The van der Waals surface area contributed by atoms with Crippen molar-refractivity contribution in [2.75, 3.05) is 6.54 Å². The minimum atomic E-state index is -0.516. The van der Waals surface area contributed by atoms with Gasteiger partial charge in [0.25, 0.3) is 5.91 Å². The lowest BCUT2D eigenvalue weighted by molar-refractivity contribution is -0.133. The van der Waals surface area contributed by atoms with Crippen LogP contribution < -0.4 is 10.1 Å². The number of esters is 1. The van der Waals surface area contributed by atoms with Gasteiger partial charge in [-0.3, -0.25) is 9.78 Å². The van der Waals surface area contributed by atoms with Crippen molar-refractivity contribution in [3.63, 3.8) is 0 Å². The van der Waals surface area contributed by atoms with Crippen LogP contribution in [0.2, 0.25) is 0 Å². The molecule has 102 valence electrons. The molecule has 1 amide bonds. The van der Waals surface area contributed by atoms with Crippen LogP contribution in [0.1, 0.15) is 15.9 Å². The number of ether oxygens (including phenoxy) is 1. The van der Waals surface area contributed by atoms with E-state index in [0.29, 0.717) is 11.3 Å². The fourth-order valence-corrected chi connectivity index (χ4v) is 1.60. The molecule has 0 aliphatic rings. The second-order valence-corrected chi connectivity index (χ2v) is 4.21. The molecule has 20 heavy (non-hydrogen) atoms. The minimum Gasteiger partial charge on any atom is -0.425 e. The molecule has 0 spiro atoms. The van der Waals surface area contributed by atoms with Crippen molar-refractivity contribution in [1.29, 1.82) is 0 Å². The first kappa shape index (κ1) is 13.7. The zero-order valence-corrected chi connectivity index (χ0v) is 11.0. The largest absolute Gasteiger partial charge is 0.425 e. The number of hydrogen-bond donors (Lipinski definition) is 1. The third kappa shape index (κ3) is 3.91. The first-order chi connectivity index (χ1) is 9.65. The lowest BCUT2D eigenvalue weighted by Gasteiger charge is -2.06. The third-order valence-electron chi connectivity index (χ3n) is 2.56. The van der Waals surface area contributed by atoms with Crippen molar-refractivity contribution in [1.82, 2.24) is 10.3 Å². The summed E-state index contributed by atoms with van der Waals surface area (Å²) in [7, 11) is 0. The molecular formula is C15H14N2O3. The monoisotopic (exact) mass is 270 g/mol. The molecule has 1 aromatic heterocycles. The number of aromatic nitrogens is 1. The highest BCUT2D eigenvalue weighted by Crippen LogP contribution is 2.12. The van der Waals surface area contributed by atoms with Crippen LogP contribution in [0, 0.1) is 6.92 Å². The molecule has 0 aliphatic heterocycles. The lowest BCUT2D eigenvalue weighted by Crippen LogP contribution is -2.31. The molecule has 0 unspecified atom stereocenters. The second kappa shape index (κ2) is 6.47. The van der Waals surface area contributed by atoms with E-state index < -0.39 is 5.97 Å². The van der Waals surface area contributed by atoms with Crippen LogP contribution in [-0.2, 0) is 4.79 Å². The second-order valence-electron chi connectivity index (χ2n) is 4.21. The zero-order chi connectivity index (χ0) is 14.4. The number of aryl methyl sites for hydroxylation is 1. The topological polar surface area (TPSA) is 68.3 Å². The van der Waals surface area contributed by atoms with Gasteiger partial charge in [-0.25, -0.2) is 4.79 Å². The van der Waals surface area contributed by atoms with Gasteiger partial charge in [0.15, 0.2) is 0 Å². The number of amides is 1. The average Bonchev–Trinajstić information content (AvgIpc) is 2.46. The van der Waals surface area contributed by atoms with E-state index in [0.717, 1.165) is 5.56 Å². The molecule has 0 fully saturated rings. The Bertz CT molecular complexity index is 612. The maximum Gasteiger partial charge on any atom is 0.330 e. The summed E-state index contributed by atoms with van der Waals surface area (Å²) in [5.74, 6) is -0.389. The predicted octanol–water partition coefficient (Wildman–Crippen LogP) is 1.73.